The Bertz CT molecular complexity index is 479. The van der Waals surface area contributed by atoms with E-state index in [4.69, 9.17) is 9.47 Å². The van der Waals surface area contributed by atoms with E-state index in [1.54, 1.807) is 0 Å². The van der Waals surface area contributed by atoms with E-state index in [1.165, 1.54) is 89.0 Å². The number of unbranched alkanes of at least 4 members (excludes halogenated alkanes) is 14. The Morgan fingerprint density at radius 2 is 1.19 bits per heavy atom. The minimum Gasteiger partial charge on any atom is -0.379 e. The van der Waals surface area contributed by atoms with Crippen molar-refractivity contribution in [2.75, 3.05) is 19.9 Å². The predicted octanol–water partition coefficient (Wildman–Crippen LogP) is 9.21. The van der Waals surface area contributed by atoms with Crippen LogP contribution in [0.4, 0.5) is 4.39 Å². The number of alkyl halides is 1. The molecule has 0 heterocycles. The fourth-order valence-corrected chi connectivity index (χ4v) is 4.14. The van der Waals surface area contributed by atoms with E-state index in [0.29, 0.717) is 6.61 Å². The van der Waals surface area contributed by atoms with Gasteiger partial charge in [0.25, 0.3) is 0 Å². The Morgan fingerprint density at radius 3 is 1.69 bits per heavy atom. The van der Waals surface area contributed by atoms with Gasteiger partial charge in [-0.3, -0.25) is 4.39 Å². The monoisotopic (exact) mass is 450 g/mol. The standard InChI is InChI=1S/C29H51FO2/c1-2-21-29(32-26-28-22-17-16-18-23-28)27-31-25-20-15-13-11-9-7-5-3-4-6-8-10-12-14-19-24-30/h16-18,22-23,29H,2-15,19-21,24-27H2,1H3. The Balaban J connectivity index is 1.82. The van der Waals surface area contributed by atoms with Gasteiger partial charge in [-0.25, -0.2) is 0 Å². The van der Waals surface area contributed by atoms with Gasteiger partial charge in [0.05, 0.1) is 26.0 Å². The van der Waals surface area contributed by atoms with E-state index in [9.17, 15) is 4.39 Å². The van der Waals surface area contributed by atoms with E-state index < -0.39 is 0 Å². The lowest BCUT2D eigenvalue weighted by atomic mass is 10.0. The summed E-state index contributed by atoms with van der Waals surface area (Å²) in [6, 6.07) is 10.4. The van der Waals surface area contributed by atoms with Gasteiger partial charge in [-0.15, -0.1) is 0 Å². The Hall–Kier alpha value is -0.930. The minimum absolute atomic E-state index is 0.141. The first-order valence-corrected chi connectivity index (χ1v) is 13.7. The summed E-state index contributed by atoms with van der Waals surface area (Å²) in [6.45, 7) is 4.33. The van der Waals surface area contributed by atoms with Gasteiger partial charge in [0.1, 0.15) is 0 Å². The zero-order valence-corrected chi connectivity index (χ0v) is 21.0. The first kappa shape index (κ1) is 29.1. The molecule has 3 heteroatoms. The SMILES string of the molecule is CCCC(COCCCCCCCCCCCCCCCCCF)OCc1ccccc1. The lowest BCUT2D eigenvalue weighted by Crippen LogP contribution is -2.20. The second kappa shape index (κ2) is 23.2. The number of hydrogen-bond acceptors (Lipinski definition) is 2. The molecule has 1 rings (SSSR count). The molecule has 1 aromatic carbocycles. The Morgan fingerprint density at radius 1 is 0.688 bits per heavy atom. The van der Waals surface area contributed by atoms with Crippen molar-refractivity contribution in [2.45, 2.75) is 129 Å². The molecular weight excluding hydrogens is 399 g/mol. The van der Waals surface area contributed by atoms with Crippen LogP contribution in [0.3, 0.4) is 0 Å². The highest BCUT2D eigenvalue weighted by molar-refractivity contribution is 5.13. The highest BCUT2D eigenvalue weighted by Gasteiger charge is 2.08. The van der Waals surface area contributed by atoms with Gasteiger partial charge in [0.15, 0.2) is 0 Å². The second-order valence-electron chi connectivity index (χ2n) is 9.27. The Labute approximate surface area is 198 Å². The molecule has 0 bridgehead atoms. The first-order chi connectivity index (χ1) is 15.9. The van der Waals surface area contributed by atoms with Gasteiger partial charge in [-0.2, -0.15) is 0 Å². The maximum Gasteiger partial charge on any atom is 0.0894 e. The van der Waals surface area contributed by atoms with E-state index in [1.807, 2.05) is 6.07 Å². The van der Waals surface area contributed by atoms with Crippen LogP contribution >= 0.6 is 0 Å². The third-order valence-corrected chi connectivity index (χ3v) is 6.17. The third kappa shape index (κ3) is 18.6. The number of ether oxygens (including phenoxy) is 2. The number of rotatable bonds is 24. The second-order valence-corrected chi connectivity index (χ2v) is 9.27. The van der Waals surface area contributed by atoms with Crippen molar-refractivity contribution in [3.63, 3.8) is 0 Å². The minimum atomic E-state index is -0.141. The highest BCUT2D eigenvalue weighted by Crippen LogP contribution is 2.14. The lowest BCUT2D eigenvalue weighted by Gasteiger charge is -2.17. The molecule has 0 spiro atoms. The van der Waals surface area contributed by atoms with Crippen molar-refractivity contribution in [3.8, 4) is 0 Å². The van der Waals surface area contributed by atoms with Crippen molar-refractivity contribution < 1.29 is 13.9 Å². The van der Waals surface area contributed by atoms with E-state index >= 15 is 0 Å². The average molecular weight is 451 g/mol. The molecule has 186 valence electrons. The molecule has 1 unspecified atom stereocenters. The summed E-state index contributed by atoms with van der Waals surface area (Å²) in [7, 11) is 0. The molecule has 1 atom stereocenters. The van der Waals surface area contributed by atoms with E-state index in [2.05, 4.69) is 31.2 Å². The molecule has 0 aliphatic carbocycles. The van der Waals surface area contributed by atoms with Crippen LogP contribution in [-0.2, 0) is 16.1 Å². The fraction of sp³-hybridized carbons (Fsp3) is 0.793. The van der Waals surface area contributed by atoms with Crippen molar-refractivity contribution in [1.29, 1.82) is 0 Å². The van der Waals surface area contributed by atoms with Crippen molar-refractivity contribution in [2.24, 2.45) is 0 Å². The molecule has 0 aromatic heterocycles. The highest BCUT2D eigenvalue weighted by atomic mass is 19.1. The fourth-order valence-electron chi connectivity index (χ4n) is 4.14. The van der Waals surface area contributed by atoms with Gasteiger partial charge in [-0.1, -0.05) is 127 Å². The molecule has 0 N–H and O–H groups in total. The summed E-state index contributed by atoms with van der Waals surface area (Å²) >= 11 is 0. The zero-order valence-electron chi connectivity index (χ0n) is 21.0. The smallest absolute Gasteiger partial charge is 0.0894 e. The first-order valence-electron chi connectivity index (χ1n) is 13.7. The molecule has 0 aliphatic rings. The lowest BCUT2D eigenvalue weighted by molar-refractivity contribution is -0.0295. The van der Waals surface area contributed by atoms with E-state index in [-0.39, 0.29) is 12.8 Å². The van der Waals surface area contributed by atoms with Crippen LogP contribution in [0, 0.1) is 0 Å². The molecule has 0 saturated carbocycles. The van der Waals surface area contributed by atoms with Gasteiger partial charge in [-0.05, 0) is 24.8 Å². The summed E-state index contributed by atoms with van der Waals surface area (Å²) < 4.78 is 24.0. The largest absolute Gasteiger partial charge is 0.379 e. The Kier molecular flexibility index (Phi) is 21.1. The van der Waals surface area contributed by atoms with Crippen LogP contribution in [0.25, 0.3) is 0 Å². The molecule has 0 radical (unpaired) electrons. The van der Waals surface area contributed by atoms with Gasteiger partial charge in [0, 0.05) is 6.61 Å². The third-order valence-electron chi connectivity index (χ3n) is 6.17. The van der Waals surface area contributed by atoms with Gasteiger partial charge >= 0.3 is 0 Å². The van der Waals surface area contributed by atoms with Crippen molar-refractivity contribution >= 4 is 0 Å². The summed E-state index contributed by atoms with van der Waals surface area (Å²) in [5, 5.41) is 0. The van der Waals surface area contributed by atoms with E-state index in [0.717, 1.165) is 38.9 Å². The summed E-state index contributed by atoms with van der Waals surface area (Å²) in [4.78, 5) is 0. The molecular formula is C29H51FO2. The average Bonchev–Trinajstić information content (AvgIpc) is 2.82. The molecule has 0 fully saturated rings. The number of benzene rings is 1. The quantitative estimate of drug-likeness (QED) is 0.146. The van der Waals surface area contributed by atoms with Crippen molar-refractivity contribution in [3.05, 3.63) is 35.9 Å². The number of hydrogen-bond donors (Lipinski definition) is 0. The van der Waals surface area contributed by atoms with Crippen LogP contribution < -0.4 is 0 Å². The molecule has 2 nitrogen and oxygen atoms in total. The van der Waals surface area contributed by atoms with Crippen LogP contribution in [0.5, 0.6) is 0 Å². The predicted molar refractivity (Wildman–Crippen MR) is 136 cm³/mol. The zero-order chi connectivity index (χ0) is 23.0. The van der Waals surface area contributed by atoms with Crippen LogP contribution in [0.2, 0.25) is 0 Å². The van der Waals surface area contributed by atoms with Crippen LogP contribution in [0.15, 0.2) is 30.3 Å². The molecule has 1 aromatic rings. The van der Waals surface area contributed by atoms with Crippen LogP contribution in [-0.4, -0.2) is 26.0 Å². The maximum atomic E-state index is 12.0. The molecule has 0 amide bonds. The maximum absolute atomic E-state index is 12.0. The summed E-state index contributed by atoms with van der Waals surface area (Å²) in [5.41, 5.74) is 1.23. The summed E-state index contributed by atoms with van der Waals surface area (Å²) in [5.74, 6) is 0. The number of halogens is 1. The molecule has 32 heavy (non-hydrogen) atoms. The molecule has 0 saturated heterocycles. The normalized spacial score (nSPS) is 12.3. The van der Waals surface area contributed by atoms with Gasteiger partial charge in [0.2, 0.25) is 0 Å². The van der Waals surface area contributed by atoms with Gasteiger partial charge < -0.3 is 9.47 Å². The van der Waals surface area contributed by atoms with Crippen LogP contribution in [0.1, 0.15) is 122 Å². The topological polar surface area (TPSA) is 18.5 Å². The molecule has 0 aliphatic heterocycles. The summed E-state index contributed by atoms with van der Waals surface area (Å²) in [6.07, 6.45) is 21.6. The van der Waals surface area contributed by atoms with Crippen molar-refractivity contribution in [1.82, 2.24) is 0 Å².